The van der Waals surface area contributed by atoms with Gasteiger partial charge in [0.1, 0.15) is 5.82 Å². The van der Waals surface area contributed by atoms with Gasteiger partial charge in [-0.25, -0.2) is 4.39 Å². The van der Waals surface area contributed by atoms with E-state index in [-0.39, 0.29) is 24.8 Å². The normalized spacial score (nSPS) is 11.3. The monoisotopic (exact) mass is 433 g/mol. The molecule has 0 aliphatic carbocycles. The molecule has 6 nitrogen and oxygen atoms in total. The van der Waals surface area contributed by atoms with E-state index in [0.717, 1.165) is 5.56 Å². The van der Waals surface area contributed by atoms with Crippen molar-refractivity contribution in [1.82, 2.24) is 10.2 Å². The van der Waals surface area contributed by atoms with E-state index in [0.29, 0.717) is 11.3 Å². The highest BCUT2D eigenvalue weighted by Gasteiger charge is 2.22. The first-order chi connectivity index (χ1) is 15.4. The first-order valence-electron chi connectivity index (χ1n) is 10.1. The van der Waals surface area contributed by atoms with Crippen molar-refractivity contribution in [3.05, 3.63) is 102 Å². The molecule has 0 spiro atoms. The summed E-state index contributed by atoms with van der Waals surface area (Å²) >= 11 is 0. The van der Waals surface area contributed by atoms with E-state index in [1.54, 1.807) is 30.3 Å². The largest absolute Gasteiger partial charge is 0.345 e. The maximum Gasteiger partial charge on any atom is 0.251 e. The van der Waals surface area contributed by atoms with Gasteiger partial charge in [-0.15, -0.1) is 0 Å². The van der Waals surface area contributed by atoms with Gasteiger partial charge in [-0.3, -0.25) is 14.4 Å². The van der Waals surface area contributed by atoms with Crippen LogP contribution in [0.25, 0.3) is 0 Å². The molecule has 0 aromatic heterocycles. The second-order valence-electron chi connectivity index (χ2n) is 7.32. The second-order valence-corrected chi connectivity index (χ2v) is 7.32. The van der Waals surface area contributed by atoms with Crippen molar-refractivity contribution in [2.75, 3.05) is 18.9 Å². The first kappa shape index (κ1) is 22.7. The number of hydrogen-bond acceptors (Lipinski definition) is 3. The zero-order valence-electron chi connectivity index (χ0n) is 17.6. The minimum atomic E-state index is -0.565. The van der Waals surface area contributed by atoms with Crippen LogP contribution < -0.4 is 10.6 Å². The molecule has 3 aromatic carbocycles. The average Bonchev–Trinajstić information content (AvgIpc) is 2.79. The molecule has 0 bridgehead atoms. The van der Waals surface area contributed by atoms with Crippen molar-refractivity contribution < 1.29 is 18.8 Å². The predicted molar refractivity (Wildman–Crippen MR) is 120 cm³/mol. The van der Waals surface area contributed by atoms with Crippen LogP contribution in [-0.4, -0.2) is 36.2 Å². The number of rotatable bonds is 8. The lowest BCUT2D eigenvalue weighted by Crippen LogP contribution is -2.38. The second kappa shape index (κ2) is 10.9. The number of amides is 3. The van der Waals surface area contributed by atoms with Crippen molar-refractivity contribution in [1.29, 1.82) is 0 Å². The van der Waals surface area contributed by atoms with Gasteiger partial charge in [0.15, 0.2) is 0 Å². The topological polar surface area (TPSA) is 78.5 Å². The smallest absolute Gasteiger partial charge is 0.251 e. The standard InChI is InChI=1S/C25H24FN3O3/c1-29(17-23(30)27-21-14-8-13-20(26)15-21)24(31)16-22(18-9-4-2-5-10-18)28-25(32)19-11-6-3-7-12-19/h2-15,22H,16-17H2,1H3,(H,27,30)(H,28,32)/t22-/m0/s1. The molecule has 1 atom stereocenters. The Bertz CT molecular complexity index is 1070. The number of nitrogens with one attached hydrogen (secondary N) is 2. The molecule has 7 heteroatoms. The third kappa shape index (κ3) is 6.50. The molecule has 3 rings (SSSR count). The maximum absolute atomic E-state index is 13.3. The lowest BCUT2D eigenvalue weighted by atomic mass is 10.0. The molecule has 2 N–H and O–H groups in total. The highest BCUT2D eigenvalue weighted by Crippen LogP contribution is 2.19. The average molecular weight is 433 g/mol. The van der Waals surface area contributed by atoms with Crippen LogP contribution in [0.15, 0.2) is 84.9 Å². The van der Waals surface area contributed by atoms with Crippen molar-refractivity contribution in [3.8, 4) is 0 Å². The summed E-state index contributed by atoms with van der Waals surface area (Å²) in [6.07, 6.45) is -0.0215. The lowest BCUT2D eigenvalue weighted by Gasteiger charge is -2.23. The van der Waals surface area contributed by atoms with Crippen molar-refractivity contribution in [3.63, 3.8) is 0 Å². The number of hydrogen-bond donors (Lipinski definition) is 2. The molecule has 0 radical (unpaired) electrons. The number of anilines is 1. The summed E-state index contributed by atoms with van der Waals surface area (Å²) in [5.74, 6) is -1.52. The number of nitrogens with zero attached hydrogens (tertiary/aromatic N) is 1. The molecule has 32 heavy (non-hydrogen) atoms. The quantitative estimate of drug-likeness (QED) is 0.568. The van der Waals surface area contributed by atoms with Gasteiger partial charge < -0.3 is 15.5 Å². The van der Waals surface area contributed by atoms with Crippen LogP contribution in [0.5, 0.6) is 0 Å². The summed E-state index contributed by atoms with van der Waals surface area (Å²) in [5.41, 5.74) is 1.58. The van der Waals surface area contributed by atoms with Crippen LogP contribution in [0.2, 0.25) is 0 Å². The predicted octanol–water partition coefficient (Wildman–Crippen LogP) is 3.78. The molecule has 0 aliphatic heterocycles. The zero-order chi connectivity index (χ0) is 22.9. The van der Waals surface area contributed by atoms with E-state index in [1.807, 2.05) is 36.4 Å². The SMILES string of the molecule is CN(CC(=O)Nc1cccc(F)c1)C(=O)C[C@H](NC(=O)c1ccccc1)c1ccccc1. The van der Waals surface area contributed by atoms with E-state index in [1.165, 1.54) is 30.1 Å². The lowest BCUT2D eigenvalue weighted by molar-refractivity contribution is -0.133. The van der Waals surface area contributed by atoms with Crippen LogP contribution in [0.4, 0.5) is 10.1 Å². The molecule has 3 amide bonds. The molecule has 164 valence electrons. The molecular weight excluding hydrogens is 409 g/mol. The zero-order valence-corrected chi connectivity index (χ0v) is 17.6. The third-order valence-corrected chi connectivity index (χ3v) is 4.84. The Morgan fingerprint density at radius 3 is 2.22 bits per heavy atom. The van der Waals surface area contributed by atoms with Gasteiger partial charge in [-0.2, -0.15) is 0 Å². The van der Waals surface area contributed by atoms with E-state index in [2.05, 4.69) is 10.6 Å². The van der Waals surface area contributed by atoms with Crippen LogP contribution in [0, 0.1) is 5.82 Å². The van der Waals surface area contributed by atoms with Gasteiger partial charge in [0.05, 0.1) is 19.0 Å². The minimum Gasteiger partial charge on any atom is -0.345 e. The number of likely N-dealkylation sites (N-methyl/N-ethyl adjacent to an activating group) is 1. The van der Waals surface area contributed by atoms with Crippen molar-refractivity contribution >= 4 is 23.4 Å². The summed E-state index contributed by atoms with van der Waals surface area (Å²) in [6, 6.07) is 22.9. The van der Waals surface area contributed by atoms with Gasteiger partial charge in [0.2, 0.25) is 11.8 Å². The van der Waals surface area contributed by atoms with Crippen molar-refractivity contribution in [2.45, 2.75) is 12.5 Å². The highest BCUT2D eigenvalue weighted by molar-refractivity contribution is 5.96. The summed E-state index contributed by atoms with van der Waals surface area (Å²) in [7, 11) is 1.51. The van der Waals surface area contributed by atoms with Gasteiger partial charge in [0.25, 0.3) is 5.91 Å². The Morgan fingerprint density at radius 2 is 1.56 bits per heavy atom. The summed E-state index contributed by atoms with van der Waals surface area (Å²) in [5, 5.41) is 5.47. The fourth-order valence-corrected chi connectivity index (χ4v) is 3.17. The van der Waals surface area contributed by atoms with Crippen LogP contribution in [0.3, 0.4) is 0 Å². The molecule has 0 fully saturated rings. The highest BCUT2D eigenvalue weighted by atomic mass is 19.1. The maximum atomic E-state index is 13.3. The fraction of sp³-hybridized carbons (Fsp3) is 0.160. The fourth-order valence-electron chi connectivity index (χ4n) is 3.17. The van der Waals surface area contributed by atoms with Gasteiger partial charge >= 0.3 is 0 Å². The van der Waals surface area contributed by atoms with Crippen LogP contribution >= 0.6 is 0 Å². The van der Waals surface area contributed by atoms with Crippen LogP contribution in [-0.2, 0) is 9.59 Å². The van der Waals surface area contributed by atoms with Crippen LogP contribution in [0.1, 0.15) is 28.4 Å². The van der Waals surface area contributed by atoms with Gasteiger partial charge in [-0.05, 0) is 35.9 Å². The number of carbonyl (C=O) groups excluding carboxylic acids is 3. The first-order valence-corrected chi connectivity index (χ1v) is 10.1. The third-order valence-electron chi connectivity index (χ3n) is 4.84. The Labute approximate surface area is 186 Å². The van der Waals surface area contributed by atoms with E-state index in [9.17, 15) is 18.8 Å². The Kier molecular flexibility index (Phi) is 7.70. The molecule has 3 aromatic rings. The molecule has 0 saturated carbocycles. The molecule has 0 heterocycles. The summed E-state index contributed by atoms with van der Waals surface area (Å²) in [6.45, 7) is -0.205. The van der Waals surface area contributed by atoms with E-state index >= 15 is 0 Å². The Hall–Kier alpha value is -4.00. The Morgan fingerprint density at radius 1 is 0.906 bits per heavy atom. The summed E-state index contributed by atoms with van der Waals surface area (Å²) in [4.78, 5) is 39.0. The van der Waals surface area contributed by atoms with E-state index in [4.69, 9.17) is 0 Å². The number of benzene rings is 3. The van der Waals surface area contributed by atoms with E-state index < -0.39 is 17.8 Å². The molecule has 0 unspecified atom stereocenters. The minimum absolute atomic E-state index is 0.0215. The molecule has 0 saturated heterocycles. The molecular formula is C25H24FN3O3. The van der Waals surface area contributed by atoms with Gasteiger partial charge in [-0.1, -0.05) is 54.6 Å². The number of halogens is 1. The Balaban J connectivity index is 1.64. The molecule has 0 aliphatic rings. The number of carbonyl (C=O) groups is 3. The van der Waals surface area contributed by atoms with Gasteiger partial charge in [0, 0.05) is 18.3 Å². The van der Waals surface area contributed by atoms with Crippen molar-refractivity contribution in [2.24, 2.45) is 0 Å². The summed E-state index contributed by atoms with van der Waals surface area (Å²) < 4.78 is 13.3.